The quantitative estimate of drug-likeness (QED) is 0.847. The molecule has 2 aromatic rings. The van der Waals surface area contributed by atoms with Crippen LogP contribution in [-0.4, -0.2) is 22.1 Å². The lowest BCUT2D eigenvalue weighted by Crippen LogP contribution is -2.29. The van der Waals surface area contributed by atoms with Gasteiger partial charge in [0.1, 0.15) is 5.76 Å². The number of nitrogens with one attached hydrogen (secondary N) is 1. The number of rotatable bonds is 6. The molecule has 2 rings (SSSR count). The van der Waals surface area contributed by atoms with Crippen molar-refractivity contribution in [1.29, 1.82) is 0 Å². The van der Waals surface area contributed by atoms with Crippen molar-refractivity contribution in [2.24, 2.45) is 0 Å². The Labute approximate surface area is 140 Å². The van der Waals surface area contributed by atoms with E-state index in [-0.39, 0.29) is 23.4 Å². The Hall–Kier alpha value is -2.63. The first-order valence-corrected chi connectivity index (χ1v) is 7.82. The van der Waals surface area contributed by atoms with Crippen molar-refractivity contribution in [1.82, 2.24) is 10.5 Å². The maximum Gasteiger partial charge on any atom is 0.303 e. The Kier molecular flexibility index (Phi) is 5.39. The molecular weight excluding hydrogens is 308 g/mol. The minimum absolute atomic E-state index is 0.0358. The van der Waals surface area contributed by atoms with Crippen LogP contribution in [-0.2, 0) is 10.2 Å². The second-order valence-corrected chi connectivity index (χ2v) is 6.70. The number of carbonyl (C=O) groups excluding carboxylic acids is 1. The predicted molar refractivity (Wildman–Crippen MR) is 88.7 cm³/mol. The molecule has 0 spiro atoms. The summed E-state index contributed by atoms with van der Waals surface area (Å²) in [5.41, 5.74) is 0.802. The first-order valence-electron chi connectivity index (χ1n) is 7.82. The van der Waals surface area contributed by atoms with Gasteiger partial charge in [0.05, 0.1) is 6.04 Å². The molecule has 0 saturated carbocycles. The predicted octanol–water partition coefficient (Wildman–Crippen LogP) is 3.31. The number of carboxylic acids is 1. The summed E-state index contributed by atoms with van der Waals surface area (Å²) in [5.74, 6) is -0.662. The number of benzene rings is 1. The molecule has 6 heteroatoms. The van der Waals surface area contributed by atoms with Crippen molar-refractivity contribution in [2.75, 3.05) is 0 Å². The Balaban J connectivity index is 2.15. The molecule has 0 bridgehead atoms. The Morgan fingerprint density at radius 3 is 2.46 bits per heavy atom. The molecule has 1 aromatic heterocycles. The number of hydrogen-bond acceptors (Lipinski definition) is 4. The van der Waals surface area contributed by atoms with Gasteiger partial charge in [-0.2, -0.15) is 0 Å². The number of carbonyl (C=O) groups is 2. The third-order valence-electron chi connectivity index (χ3n) is 3.64. The van der Waals surface area contributed by atoms with E-state index in [0.717, 1.165) is 5.56 Å². The molecule has 24 heavy (non-hydrogen) atoms. The lowest BCUT2D eigenvalue weighted by Gasteiger charge is -2.17. The summed E-state index contributed by atoms with van der Waals surface area (Å²) in [4.78, 5) is 23.3. The first kappa shape index (κ1) is 17.7. The number of aromatic nitrogens is 1. The highest BCUT2D eigenvalue weighted by molar-refractivity contribution is 5.92. The van der Waals surface area contributed by atoms with Gasteiger partial charge >= 0.3 is 5.97 Å². The number of amides is 1. The van der Waals surface area contributed by atoms with Crippen LogP contribution in [0.25, 0.3) is 0 Å². The molecule has 1 amide bonds. The fourth-order valence-corrected chi connectivity index (χ4v) is 2.24. The van der Waals surface area contributed by atoms with E-state index < -0.39 is 12.0 Å². The fourth-order valence-electron chi connectivity index (χ4n) is 2.24. The van der Waals surface area contributed by atoms with Crippen LogP contribution in [0.4, 0.5) is 0 Å². The van der Waals surface area contributed by atoms with Crippen molar-refractivity contribution in [3.05, 3.63) is 53.4 Å². The van der Waals surface area contributed by atoms with E-state index in [1.807, 2.05) is 51.1 Å². The largest absolute Gasteiger partial charge is 0.481 e. The van der Waals surface area contributed by atoms with E-state index in [0.29, 0.717) is 12.2 Å². The van der Waals surface area contributed by atoms with Crippen LogP contribution in [0.1, 0.15) is 61.5 Å². The maximum absolute atomic E-state index is 12.4. The average molecular weight is 330 g/mol. The molecule has 0 aliphatic heterocycles. The summed E-state index contributed by atoms with van der Waals surface area (Å²) in [6, 6.07) is 10.5. The zero-order valence-electron chi connectivity index (χ0n) is 14.1. The topological polar surface area (TPSA) is 92.4 Å². The van der Waals surface area contributed by atoms with E-state index in [1.165, 1.54) is 0 Å². The van der Waals surface area contributed by atoms with Crippen LogP contribution in [0.2, 0.25) is 0 Å². The minimum atomic E-state index is -0.901. The monoisotopic (exact) mass is 330 g/mol. The van der Waals surface area contributed by atoms with Gasteiger partial charge in [0, 0.05) is 17.9 Å². The minimum Gasteiger partial charge on any atom is -0.481 e. The third kappa shape index (κ3) is 4.68. The van der Waals surface area contributed by atoms with Gasteiger partial charge in [0.15, 0.2) is 5.69 Å². The Bertz CT molecular complexity index is 701. The van der Waals surface area contributed by atoms with Gasteiger partial charge in [0.25, 0.3) is 5.91 Å². The number of nitrogens with zero attached hydrogens (tertiary/aromatic N) is 1. The lowest BCUT2D eigenvalue weighted by atomic mass is 9.93. The van der Waals surface area contributed by atoms with Crippen LogP contribution in [0.3, 0.4) is 0 Å². The van der Waals surface area contributed by atoms with Crippen LogP contribution in [0.5, 0.6) is 0 Å². The molecular formula is C18H22N2O4. The van der Waals surface area contributed by atoms with Crippen molar-refractivity contribution in [2.45, 2.75) is 45.1 Å². The van der Waals surface area contributed by atoms with E-state index in [4.69, 9.17) is 9.63 Å². The van der Waals surface area contributed by atoms with Gasteiger partial charge in [-0.05, 0) is 12.0 Å². The summed E-state index contributed by atoms with van der Waals surface area (Å²) in [5, 5.41) is 15.6. The van der Waals surface area contributed by atoms with Gasteiger partial charge in [-0.15, -0.1) is 0 Å². The zero-order valence-corrected chi connectivity index (χ0v) is 14.1. The van der Waals surface area contributed by atoms with E-state index in [9.17, 15) is 9.59 Å². The normalized spacial score (nSPS) is 12.6. The van der Waals surface area contributed by atoms with Gasteiger partial charge in [-0.3, -0.25) is 9.59 Å². The Morgan fingerprint density at radius 1 is 1.25 bits per heavy atom. The molecule has 0 fully saturated rings. The van der Waals surface area contributed by atoms with Gasteiger partial charge in [-0.1, -0.05) is 56.3 Å². The van der Waals surface area contributed by atoms with Gasteiger partial charge in [-0.25, -0.2) is 0 Å². The third-order valence-corrected chi connectivity index (χ3v) is 3.64. The molecule has 0 aliphatic rings. The molecule has 6 nitrogen and oxygen atoms in total. The van der Waals surface area contributed by atoms with E-state index in [2.05, 4.69) is 10.5 Å². The summed E-state index contributed by atoms with van der Waals surface area (Å²) in [6.45, 7) is 5.90. The van der Waals surface area contributed by atoms with E-state index in [1.54, 1.807) is 6.07 Å². The zero-order chi connectivity index (χ0) is 17.7. The second-order valence-electron chi connectivity index (χ2n) is 6.70. The molecule has 128 valence electrons. The van der Waals surface area contributed by atoms with Crippen LogP contribution in [0, 0.1) is 0 Å². The second kappa shape index (κ2) is 7.29. The van der Waals surface area contributed by atoms with Crippen molar-refractivity contribution in [3.63, 3.8) is 0 Å². The summed E-state index contributed by atoms with van der Waals surface area (Å²) in [7, 11) is 0. The van der Waals surface area contributed by atoms with Crippen molar-refractivity contribution < 1.29 is 19.2 Å². The molecule has 1 atom stereocenters. The van der Waals surface area contributed by atoms with Crippen molar-refractivity contribution >= 4 is 11.9 Å². The molecule has 0 aliphatic carbocycles. The first-order chi connectivity index (χ1) is 11.3. The Morgan fingerprint density at radius 2 is 1.92 bits per heavy atom. The van der Waals surface area contributed by atoms with E-state index >= 15 is 0 Å². The fraction of sp³-hybridized carbons (Fsp3) is 0.389. The highest BCUT2D eigenvalue weighted by Gasteiger charge is 2.24. The van der Waals surface area contributed by atoms with Gasteiger partial charge < -0.3 is 14.9 Å². The summed E-state index contributed by atoms with van der Waals surface area (Å²) >= 11 is 0. The van der Waals surface area contributed by atoms with Crippen LogP contribution in [0.15, 0.2) is 40.9 Å². The van der Waals surface area contributed by atoms with Gasteiger partial charge in [0.2, 0.25) is 0 Å². The number of carboxylic acid groups (broad SMARTS) is 1. The molecule has 2 N–H and O–H groups in total. The van der Waals surface area contributed by atoms with Crippen LogP contribution >= 0.6 is 0 Å². The molecule has 0 radical (unpaired) electrons. The lowest BCUT2D eigenvalue weighted by molar-refractivity contribution is -0.137. The summed E-state index contributed by atoms with van der Waals surface area (Å²) in [6.07, 6.45) is 0.265. The molecule has 1 unspecified atom stereocenters. The molecule has 1 aromatic carbocycles. The average Bonchev–Trinajstić information content (AvgIpc) is 3.02. The SMILES string of the molecule is CC(C)(C)c1cc(C(=O)NC(CCC(=O)O)c2ccccc2)no1. The molecule has 0 saturated heterocycles. The molecule has 1 heterocycles. The van der Waals surface area contributed by atoms with Crippen LogP contribution < -0.4 is 5.32 Å². The standard InChI is InChI=1S/C18H22N2O4/c1-18(2,3)15-11-14(20-24-15)17(23)19-13(9-10-16(21)22)12-7-5-4-6-8-12/h4-8,11,13H,9-10H2,1-3H3,(H,19,23)(H,21,22). The highest BCUT2D eigenvalue weighted by atomic mass is 16.5. The highest BCUT2D eigenvalue weighted by Crippen LogP contribution is 2.23. The smallest absolute Gasteiger partial charge is 0.303 e. The summed E-state index contributed by atoms with van der Waals surface area (Å²) < 4.78 is 5.23. The van der Waals surface area contributed by atoms with Crippen molar-refractivity contribution in [3.8, 4) is 0 Å². The maximum atomic E-state index is 12.4. The number of hydrogen-bond donors (Lipinski definition) is 2. The number of aliphatic carboxylic acids is 1.